The van der Waals surface area contributed by atoms with Crippen LogP contribution in [-0.4, -0.2) is 30.3 Å². The molecule has 2 aliphatic carbocycles. The Bertz CT molecular complexity index is 1180. The summed E-state index contributed by atoms with van der Waals surface area (Å²) in [6.45, 7) is 4.73. The molecule has 5 heterocycles. The molecule has 5 unspecified atom stereocenters. The molecule has 0 bridgehead atoms. The normalized spacial score (nSPS) is 43.7. The smallest absolute Gasteiger partial charge is 0.273 e. The standard InChI is InChI=1S/C18H14N4O/c1-16-8-10-12-13-9(4-3-6-19-13)15-20-11(23)5-7-21(15)14(12)17(2)18(10,16)22(16)17/h3-7,10H,8H2,1-2H3. The number of hydrogen-bond acceptors (Lipinski definition) is 4. The lowest BCUT2D eigenvalue weighted by atomic mass is 9.62. The molecule has 1 saturated carbocycles. The Hall–Kier alpha value is -2.27. The molecular formula is C18H14N4O. The Morgan fingerprint density at radius 2 is 2.17 bits per heavy atom. The molecule has 2 saturated heterocycles. The fourth-order valence-electron chi connectivity index (χ4n) is 6.77. The monoisotopic (exact) mass is 302 g/mol. The molecule has 2 aliphatic heterocycles. The molecule has 1 spiro atoms. The van der Waals surface area contributed by atoms with Gasteiger partial charge >= 0.3 is 0 Å². The molecule has 0 N–H and O–H groups in total. The van der Waals surface area contributed by atoms with Gasteiger partial charge in [0.1, 0.15) is 0 Å². The molecule has 5 nitrogen and oxygen atoms in total. The fourth-order valence-corrected chi connectivity index (χ4v) is 6.77. The summed E-state index contributed by atoms with van der Waals surface area (Å²) in [5.74, 6) is 0.578. The van der Waals surface area contributed by atoms with Crippen LogP contribution in [0.5, 0.6) is 0 Å². The number of rotatable bonds is 0. The quantitative estimate of drug-likeness (QED) is 0.469. The van der Waals surface area contributed by atoms with Gasteiger partial charge in [0, 0.05) is 40.9 Å². The Morgan fingerprint density at radius 3 is 3.00 bits per heavy atom. The van der Waals surface area contributed by atoms with Crippen LogP contribution >= 0.6 is 0 Å². The van der Waals surface area contributed by atoms with E-state index in [1.54, 1.807) is 6.07 Å². The lowest BCUT2D eigenvalue weighted by Gasteiger charge is -2.40. The third-order valence-corrected chi connectivity index (χ3v) is 7.28. The largest absolute Gasteiger partial charge is 0.302 e. The van der Waals surface area contributed by atoms with Crippen LogP contribution in [0, 0.1) is 0 Å². The molecule has 5 heteroatoms. The van der Waals surface area contributed by atoms with Crippen LogP contribution in [0.3, 0.4) is 0 Å². The van der Waals surface area contributed by atoms with Crippen molar-refractivity contribution in [3.63, 3.8) is 0 Å². The van der Waals surface area contributed by atoms with Gasteiger partial charge < -0.3 is 4.40 Å². The number of pyridine rings is 2. The van der Waals surface area contributed by atoms with Gasteiger partial charge in [-0.15, -0.1) is 0 Å². The van der Waals surface area contributed by atoms with Crippen LogP contribution in [0.15, 0.2) is 35.4 Å². The van der Waals surface area contributed by atoms with Gasteiger partial charge in [-0.25, -0.2) is 0 Å². The summed E-state index contributed by atoms with van der Waals surface area (Å²) >= 11 is 0. The van der Waals surface area contributed by atoms with Crippen molar-refractivity contribution in [2.24, 2.45) is 0 Å². The van der Waals surface area contributed by atoms with Crippen LogP contribution in [-0.2, 0) is 5.54 Å². The Balaban J connectivity index is 1.76. The summed E-state index contributed by atoms with van der Waals surface area (Å²) < 4.78 is 2.15. The van der Waals surface area contributed by atoms with Crippen molar-refractivity contribution in [2.45, 2.75) is 42.8 Å². The molecule has 3 fully saturated rings. The average Bonchev–Trinajstić information content (AvgIpc) is 3.29. The molecule has 112 valence electrons. The van der Waals surface area contributed by atoms with E-state index in [-0.39, 0.29) is 11.1 Å². The average molecular weight is 302 g/mol. The molecule has 0 aromatic carbocycles. The Labute approximate surface area is 131 Å². The third-order valence-electron chi connectivity index (χ3n) is 7.28. The van der Waals surface area contributed by atoms with Gasteiger partial charge in [-0.05, 0) is 32.4 Å². The predicted octanol–water partition coefficient (Wildman–Crippen LogP) is 1.79. The minimum absolute atomic E-state index is 0.0979. The minimum Gasteiger partial charge on any atom is -0.302 e. The van der Waals surface area contributed by atoms with Gasteiger partial charge in [-0.3, -0.25) is 14.7 Å². The molecule has 5 atom stereocenters. The molecule has 7 rings (SSSR count). The van der Waals surface area contributed by atoms with Gasteiger partial charge in [-0.2, -0.15) is 4.98 Å². The van der Waals surface area contributed by atoms with Crippen molar-refractivity contribution in [3.8, 4) is 0 Å². The highest BCUT2D eigenvalue weighted by Gasteiger charge is 3.08. The van der Waals surface area contributed by atoms with Crippen LogP contribution in [0.1, 0.15) is 37.4 Å². The number of nitrogens with zero attached hydrogens (tertiary/aromatic N) is 4. The SMILES string of the molecule is CC12CC3c4c(n5ccc(=O)nc5c5cccnc45)C4(C)N1C324. The maximum atomic E-state index is 11.8. The van der Waals surface area contributed by atoms with E-state index in [1.807, 2.05) is 24.5 Å². The molecule has 4 aliphatic rings. The van der Waals surface area contributed by atoms with Gasteiger partial charge in [-0.1, -0.05) is 0 Å². The molecular weight excluding hydrogens is 288 g/mol. The van der Waals surface area contributed by atoms with E-state index in [1.165, 1.54) is 17.7 Å². The summed E-state index contributed by atoms with van der Waals surface area (Å²) in [4.78, 5) is 23.5. The number of aromatic nitrogens is 3. The van der Waals surface area contributed by atoms with Gasteiger partial charge in [0.05, 0.1) is 22.3 Å². The highest BCUT2D eigenvalue weighted by Crippen LogP contribution is 2.98. The van der Waals surface area contributed by atoms with Crippen molar-refractivity contribution in [3.05, 3.63) is 52.2 Å². The fraction of sp³-hybridized carbons (Fsp3) is 0.389. The van der Waals surface area contributed by atoms with E-state index < -0.39 is 0 Å². The number of piperidine rings is 1. The van der Waals surface area contributed by atoms with Crippen LogP contribution < -0.4 is 5.56 Å². The lowest BCUT2D eigenvalue weighted by Crippen LogP contribution is -2.49. The van der Waals surface area contributed by atoms with Crippen molar-refractivity contribution in [2.75, 3.05) is 0 Å². The second kappa shape index (κ2) is 2.69. The summed E-state index contributed by atoms with van der Waals surface area (Å²) in [5.41, 5.74) is 5.12. The van der Waals surface area contributed by atoms with Crippen LogP contribution in [0.2, 0.25) is 0 Å². The van der Waals surface area contributed by atoms with Gasteiger partial charge in [0.2, 0.25) is 0 Å². The van der Waals surface area contributed by atoms with Crippen LogP contribution in [0.25, 0.3) is 16.6 Å². The Morgan fingerprint density at radius 1 is 1.30 bits per heavy atom. The Kier molecular flexibility index (Phi) is 1.32. The van der Waals surface area contributed by atoms with E-state index in [4.69, 9.17) is 4.98 Å². The molecule has 0 radical (unpaired) electrons. The number of fused-ring (bicyclic) bond motifs is 10. The second-order valence-electron chi connectivity index (χ2n) is 7.83. The van der Waals surface area contributed by atoms with Crippen LogP contribution in [0.4, 0.5) is 0 Å². The van der Waals surface area contributed by atoms with Crippen molar-refractivity contribution < 1.29 is 0 Å². The zero-order chi connectivity index (χ0) is 15.4. The van der Waals surface area contributed by atoms with E-state index in [0.29, 0.717) is 17.0 Å². The van der Waals surface area contributed by atoms with Crippen molar-refractivity contribution >= 4 is 16.6 Å². The summed E-state index contributed by atoms with van der Waals surface area (Å²) in [7, 11) is 0. The van der Waals surface area contributed by atoms with Gasteiger partial charge in [0.25, 0.3) is 5.56 Å². The second-order valence-corrected chi connectivity index (χ2v) is 7.83. The van der Waals surface area contributed by atoms with E-state index in [0.717, 1.165) is 16.6 Å². The lowest BCUT2D eigenvalue weighted by molar-refractivity contribution is 0.189. The first kappa shape index (κ1) is 11.3. The molecule has 23 heavy (non-hydrogen) atoms. The topological polar surface area (TPSA) is 50.3 Å². The highest BCUT2D eigenvalue weighted by molar-refractivity contribution is 5.97. The van der Waals surface area contributed by atoms with Crippen molar-refractivity contribution in [1.29, 1.82) is 0 Å². The van der Waals surface area contributed by atoms with Crippen molar-refractivity contribution in [1.82, 2.24) is 19.3 Å². The first-order valence-corrected chi connectivity index (χ1v) is 8.18. The summed E-state index contributed by atoms with van der Waals surface area (Å²) in [6.07, 6.45) is 4.98. The summed E-state index contributed by atoms with van der Waals surface area (Å²) in [5, 5.41) is 0.992. The zero-order valence-corrected chi connectivity index (χ0v) is 12.9. The zero-order valence-electron chi connectivity index (χ0n) is 12.9. The highest BCUT2D eigenvalue weighted by atomic mass is 16.1. The number of hydrogen-bond donors (Lipinski definition) is 0. The predicted molar refractivity (Wildman–Crippen MR) is 84.4 cm³/mol. The maximum Gasteiger partial charge on any atom is 0.273 e. The van der Waals surface area contributed by atoms with E-state index >= 15 is 0 Å². The molecule has 0 amide bonds. The third kappa shape index (κ3) is 0.753. The summed E-state index contributed by atoms with van der Waals surface area (Å²) in [6, 6.07) is 5.54. The first-order chi connectivity index (χ1) is 11.1. The van der Waals surface area contributed by atoms with Gasteiger partial charge in [0.15, 0.2) is 5.65 Å². The molecule has 3 aromatic rings. The maximum absolute atomic E-state index is 11.8. The molecule has 3 aromatic heterocycles. The van der Waals surface area contributed by atoms with E-state index in [2.05, 4.69) is 28.1 Å². The minimum atomic E-state index is -0.189. The van der Waals surface area contributed by atoms with E-state index in [9.17, 15) is 4.79 Å². The first-order valence-electron chi connectivity index (χ1n) is 8.18.